The van der Waals surface area contributed by atoms with Gasteiger partial charge >= 0.3 is 5.97 Å². The fraction of sp³-hybridized carbons (Fsp3) is 0.227. The zero-order valence-corrected chi connectivity index (χ0v) is 14.9. The molecule has 0 saturated heterocycles. The number of rotatable bonds is 5. The van der Waals surface area contributed by atoms with Crippen LogP contribution >= 0.6 is 0 Å². The van der Waals surface area contributed by atoms with Crippen LogP contribution in [-0.4, -0.2) is 13.1 Å². The molecule has 0 aliphatic rings. The molecule has 0 aromatic heterocycles. The molecule has 25 heavy (non-hydrogen) atoms. The average molecular weight is 333 g/mol. The Morgan fingerprint density at radius 2 is 1.64 bits per heavy atom. The third-order valence-electron chi connectivity index (χ3n) is 4.41. The topological polar surface area (TPSA) is 38.3 Å². The highest BCUT2D eigenvalue weighted by Gasteiger charge is 2.28. The minimum atomic E-state index is -0.528. The molecule has 3 rings (SSSR count). The van der Waals surface area contributed by atoms with Crippen LogP contribution in [0.4, 0.5) is 11.4 Å². The highest BCUT2D eigenvalue weighted by atomic mass is 16.5. The van der Waals surface area contributed by atoms with E-state index in [4.69, 9.17) is 4.74 Å². The van der Waals surface area contributed by atoms with E-state index in [1.54, 1.807) is 0 Å². The van der Waals surface area contributed by atoms with Gasteiger partial charge in [-0.1, -0.05) is 48.5 Å². The van der Waals surface area contributed by atoms with Crippen molar-refractivity contribution in [2.45, 2.75) is 20.3 Å². The summed E-state index contributed by atoms with van der Waals surface area (Å²) in [6.45, 7) is 3.81. The fourth-order valence-corrected chi connectivity index (χ4v) is 3.05. The summed E-state index contributed by atoms with van der Waals surface area (Å²) >= 11 is 0. The van der Waals surface area contributed by atoms with Crippen molar-refractivity contribution < 1.29 is 9.53 Å². The van der Waals surface area contributed by atoms with Gasteiger partial charge in [0, 0.05) is 16.8 Å². The first-order valence-corrected chi connectivity index (χ1v) is 8.42. The fourth-order valence-electron chi connectivity index (χ4n) is 3.05. The van der Waals surface area contributed by atoms with E-state index < -0.39 is 5.41 Å². The number of methoxy groups -OCH3 is 1. The predicted octanol–water partition coefficient (Wildman–Crippen LogP) is 5.33. The molecular formula is C22H23NO2. The lowest BCUT2D eigenvalue weighted by molar-refractivity contribution is -0.150. The summed E-state index contributed by atoms with van der Waals surface area (Å²) in [7, 11) is 1.43. The predicted molar refractivity (Wildman–Crippen MR) is 103 cm³/mol. The van der Waals surface area contributed by atoms with Crippen molar-refractivity contribution in [3.05, 3.63) is 72.3 Å². The van der Waals surface area contributed by atoms with Crippen LogP contribution in [0.25, 0.3) is 10.8 Å². The van der Waals surface area contributed by atoms with Crippen LogP contribution in [0, 0.1) is 5.41 Å². The number of nitrogens with one attached hydrogen (secondary N) is 1. The Hall–Kier alpha value is -2.81. The molecule has 0 heterocycles. The second-order valence-electron chi connectivity index (χ2n) is 6.90. The number of carbonyl (C=O) groups is 1. The van der Waals surface area contributed by atoms with Gasteiger partial charge in [-0.2, -0.15) is 0 Å². The SMILES string of the molecule is COC(=O)C(C)(C)Cc1ccc(Nc2cccc3ccccc23)cc1. The molecule has 0 fully saturated rings. The number of fused-ring (bicyclic) bond motifs is 1. The van der Waals surface area contributed by atoms with Crippen molar-refractivity contribution in [1.82, 2.24) is 0 Å². The Kier molecular flexibility index (Phi) is 4.75. The summed E-state index contributed by atoms with van der Waals surface area (Å²) in [5.41, 5.74) is 2.69. The molecule has 128 valence electrons. The summed E-state index contributed by atoms with van der Waals surface area (Å²) in [5.74, 6) is -0.189. The van der Waals surface area contributed by atoms with Crippen LogP contribution in [0.15, 0.2) is 66.7 Å². The molecule has 0 amide bonds. The normalized spacial score (nSPS) is 11.3. The molecular weight excluding hydrogens is 310 g/mol. The van der Waals surface area contributed by atoms with Gasteiger partial charge in [0.2, 0.25) is 0 Å². The van der Waals surface area contributed by atoms with Gasteiger partial charge in [0.15, 0.2) is 0 Å². The lowest BCUT2D eigenvalue weighted by Gasteiger charge is -2.21. The molecule has 3 nitrogen and oxygen atoms in total. The molecule has 3 aromatic rings. The minimum Gasteiger partial charge on any atom is -0.469 e. The third kappa shape index (κ3) is 3.82. The summed E-state index contributed by atoms with van der Waals surface area (Å²) < 4.78 is 4.88. The molecule has 0 aliphatic heterocycles. The van der Waals surface area contributed by atoms with E-state index in [0.29, 0.717) is 6.42 Å². The Morgan fingerprint density at radius 1 is 0.960 bits per heavy atom. The van der Waals surface area contributed by atoms with Gasteiger partial charge in [-0.15, -0.1) is 0 Å². The number of carbonyl (C=O) groups excluding carboxylic acids is 1. The van der Waals surface area contributed by atoms with E-state index >= 15 is 0 Å². The van der Waals surface area contributed by atoms with Crippen LogP contribution in [-0.2, 0) is 16.0 Å². The van der Waals surface area contributed by atoms with Crippen molar-refractivity contribution in [3.63, 3.8) is 0 Å². The first kappa shape index (κ1) is 17.0. The average Bonchev–Trinajstić information content (AvgIpc) is 2.62. The van der Waals surface area contributed by atoms with E-state index in [9.17, 15) is 4.79 Å². The highest BCUT2D eigenvalue weighted by molar-refractivity contribution is 5.95. The quantitative estimate of drug-likeness (QED) is 0.642. The monoisotopic (exact) mass is 333 g/mol. The lowest BCUT2D eigenvalue weighted by atomic mass is 9.86. The number of anilines is 2. The molecule has 0 bridgehead atoms. The molecule has 1 N–H and O–H groups in total. The van der Waals surface area contributed by atoms with Crippen molar-refractivity contribution >= 4 is 28.1 Å². The Morgan fingerprint density at radius 3 is 2.36 bits per heavy atom. The van der Waals surface area contributed by atoms with Gasteiger partial charge in [0.05, 0.1) is 12.5 Å². The standard InChI is InChI=1S/C22H23NO2/c1-22(2,21(24)25-3)15-16-11-13-18(14-12-16)23-20-10-6-8-17-7-4-5-9-19(17)20/h4-14,23H,15H2,1-3H3. The summed E-state index contributed by atoms with van der Waals surface area (Å²) in [4.78, 5) is 11.8. The number of benzene rings is 3. The molecule has 0 radical (unpaired) electrons. The van der Waals surface area contributed by atoms with Crippen LogP contribution in [0.2, 0.25) is 0 Å². The third-order valence-corrected chi connectivity index (χ3v) is 4.41. The zero-order chi connectivity index (χ0) is 17.9. The molecule has 0 aliphatic carbocycles. The van der Waals surface area contributed by atoms with Crippen LogP contribution < -0.4 is 5.32 Å². The maximum atomic E-state index is 11.8. The summed E-state index contributed by atoms with van der Waals surface area (Å²) in [6, 6.07) is 22.8. The van der Waals surface area contributed by atoms with Gasteiger partial charge in [-0.05, 0) is 49.4 Å². The van der Waals surface area contributed by atoms with Crippen molar-refractivity contribution in [1.29, 1.82) is 0 Å². The van der Waals surface area contributed by atoms with E-state index in [1.165, 1.54) is 17.9 Å². The van der Waals surface area contributed by atoms with Gasteiger partial charge in [0.25, 0.3) is 0 Å². The van der Waals surface area contributed by atoms with Crippen molar-refractivity contribution in [2.24, 2.45) is 5.41 Å². The van der Waals surface area contributed by atoms with E-state index in [1.807, 2.05) is 38.1 Å². The number of ether oxygens (including phenoxy) is 1. The molecule has 0 spiro atoms. The van der Waals surface area contributed by atoms with Gasteiger partial charge in [-0.25, -0.2) is 0 Å². The zero-order valence-electron chi connectivity index (χ0n) is 14.9. The van der Waals surface area contributed by atoms with Crippen molar-refractivity contribution in [3.8, 4) is 0 Å². The Bertz CT molecular complexity index is 877. The van der Waals surface area contributed by atoms with E-state index in [0.717, 1.165) is 16.9 Å². The second-order valence-corrected chi connectivity index (χ2v) is 6.90. The number of hydrogen-bond donors (Lipinski definition) is 1. The minimum absolute atomic E-state index is 0.189. The lowest BCUT2D eigenvalue weighted by Crippen LogP contribution is -2.27. The Labute approximate surface area is 148 Å². The van der Waals surface area contributed by atoms with Crippen LogP contribution in [0.5, 0.6) is 0 Å². The first-order valence-electron chi connectivity index (χ1n) is 8.42. The largest absolute Gasteiger partial charge is 0.469 e. The number of hydrogen-bond acceptors (Lipinski definition) is 3. The molecule has 3 heteroatoms. The van der Waals surface area contributed by atoms with Crippen LogP contribution in [0.3, 0.4) is 0 Å². The highest BCUT2D eigenvalue weighted by Crippen LogP contribution is 2.28. The van der Waals surface area contributed by atoms with Gasteiger partial charge < -0.3 is 10.1 Å². The first-order chi connectivity index (χ1) is 12.0. The second kappa shape index (κ2) is 6.98. The summed E-state index contributed by atoms with van der Waals surface area (Å²) in [5, 5.41) is 5.89. The molecule has 0 saturated carbocycles. The van der Waals surface area contributed by atoms with Gasteiger partial charge in [0.1, 0.15) is 0 Å². The van der Waals surface area contributed by atoms with Crippen molar-refractivity contribution in [2.75, 3.05) is 12.4 Å². The summed E-state index contributed by atoms with van der Waals surface area (Å²) in [6.07, 6.45) is 0.647. The Balaban J connectivity index is 1.78. The molecule has 0 atom stereocenters. The maximum absolute atomic E-state index is 11.8. The smallest absolute Gasteiger partial charge is 0.311 e. The maximum Gasteiger partial charge on any atom is 0.311 e. The van der Waals surface area contributed by atoms with E-state index in [2.05, 4.69) is 47.8 Å². The van der Waals surface area contributed by atoms with Crippen LogP contribution in [0.1, 0.15) is 19.4 Å². The molecule has 0 unspecified atom stereocenters. The van der Waals surface area contributed by atoms with Gasteiger partial charge in [-0.3, -0.25) is 4.79 Å². The molecule has 3 aromatic carbocycles. The number of esters is 1. The van der Waals surface area contributed by atoms with E-state index in [-0.39, 0.29) is 5.97 Å².